The first-order valence-corrected chi connectivity index (χ1v) is 7.79. The van der Waals surface area contributed by atoms with Gasteiger partial charge in [-0.1, -0.05) is 18.2 Å². The van der Waals surface area contributed by atoms with Crippen molar-refractivity contribution in [3.05, 3.63) is 72.1 Å². The summed E-state index contributed by atoms with van der Waals surface area (Å²) in [6, 6.07) is 10.9. The highest BCUT2D eigenvalue weighted by Crippen LogP contribution is 2.34. The summed E-state index contributed by atoms with van der Waals surface area (Å²) < 4.78 is 18.5. The Labute approximate surface area is 144 Å². The average Bonchev–Trinajstić information content (AvgIpc) is 2.63. The van der Waals surface area contributed by atoms with Crippen molar-refractivity contribution in [1.82, 2.24) is 5.32 Å². The van der Waals surface area contributed by atoms with Crippen LogP contribution in [0.1, 0.15) is 15.9 Å². The molecule has 2 amide bonds. The zero-order valence-electron chi connectivity index (χ0n) is 13.5. The molecule has 6 heteroatoms. The molecule has 5 nitrogen and oxygen atoms in total. The SMILES string of the molecule is C=CCNC(=O)c1ccc2c(c1)N(Cc1ccc(F)cc1)C(=O)CO2. The molecule has 0 fully saturated rings. The number of hydrogen-bond donors (Lipinski definition) is 1. The monoisotopic (exact) mass is 340 g/mol. The molecule has 0 spiro atoms. The van der Waals surface area contributed by atoms with Crippen LogP contribution in [-0.2, 0) is 11.3 Å². The van der Waals surface area contributed by atoms with Gasteiger partial charge in [0.1, 0.15) is 11.6 Å². The third-order valence-electron chi connectivity index (χ3n) is 3.83. The number of halogens is 1. The molecule has 2 aromatic carbocycles. The molecular formula is C19H17FN2O3. The van der Waals surface area contributed by atoms with Crippen molar-refractivity contribution in [3.63, 3.8) is 0 Å². The fraction of sp³-hybridized carbons (Fsp3) is 0.158. The largest absolute Gasteiger partial charge is 0.482 e. The maximum absolute atomic E-state index is 13.1. The van der Waals surface area contributed by atoms with Crippen LogP contribution in [0.25, 0.3) is 0 Å². The molecular weight excluding hydrogens is 323 g/mol. The van der Waals surface area contributed by atoms with E-state index in [1.165, 1.54) is 17.0 Å². The van der Waals surface area contributed by atoms with Crippen LogP contribution < -0.4 is 15.0 Å². The fourth-order valence-corrected chi connectivity index (χ4v) is 2.56. The van der Waals surface area contributed by atoms with E-state index in [2.05, 4.69) is 11.9 Å². The van der Waals surface area contributed by atoms with Gasteiger partial charge in [0, 0.05) is 12.1 Å². The van der Waals surface area contributed by atoms with Gasteiger partial charge in [0.2, 0.25) is 0 Å². The molecule has 1 aliphatic rings. The number of nitrogens with zero attached hydrogens (tertiary/aromatic N) is 1. The molecule has 0 unspecified atom stereocenters. The van der Waals surface area contributed by atoms with Gasteiger partial charge in [-0.15, -0.1) is 6.58 Å². The van der Waals surface area contributed by atoms with Crippen LogP contribution in [0.15, 0.2) is 55.1 Å². The van der Waals surface area contributed by atoms with Gasteiger partial charge < -0.3 is 15.0 Å². The number of nitrogens with one attached hydrogen (secondary N) is 1. The highest BCUT2D eigenvalue weighted by Gasteiger charge is 2.26. The predicted octanol–water partition coefficient (Wildman–Crippen LogP) is 2.67. The summed E-state index contributed by atoms with van der Waals surface area (Å²) in [5.41, 5.74) is 1.72. The van der Waals surface area contributed by atoms with Gasteiger partial charge >= 0.3 is 0 Å². The van der Waals surface area contributed by atoms with Crippen molar-refractivity contribution in [2.75, 3.05) is 18.1 Å². The van der Waals surface area contributed by atoms with Crippen molar-refractivity contribution >= 4 is 17.5 Å². The Kier molecular flexibility index (Phi) is 4.79. The van der Waals surface area contributed by atoms with E-state index in [-0.39, 0.29) is 30.8 Å². The van der Waals surface area contributed by atoms with E-state index in [0.29, 0.717) is 23.5 Å². The molecule has 0 aromatic heterocycles. The van der Waals surface area contributed by atoms with Gasteiger partial charge in [-0.05, 0) is 35.9 Å². The second kappa shape index (κ2) is 7.17. The number of fused-ring (bicyclic) bond motifs is 1. The van der Waals surface area contributed by atoms with Gasteiger partial charge in [-0.25, -0.2) is 4.39 Å². The third kappa shape index (κ3) is 3.68. The summed E-state index contributed by atoms with van der Waals surface area (Å²) >= 11 is 0. The van der Waals surface area contributed by atoms with Gasteiger partial charge in [-0.3, -0.25) is 9.59 Å². The Hall–Kier alpha value is -3.15. The van der Waals surface area contributed by atoms with Crippen LogP contribution in [0, 0.1) is 5.82 Å². The Morgan fingerprint density at radius 1 is 1.28 bits per heavy atom. The highest BCUT2D eigenvalue weighted by atomic mass is 19.1. The quantitative estimate of drug-likeness (QED) is 0.852. The number of benzene rings is 2. The molecule has 1 aliphatic heterocycles. The second-order valence-corrected chi connectivity index (χ2v) is 5.58. The van der Waals surface area contributed by atoms with Gasteiger partial charge in [0.25, 0.3) is 11.8 Å². The van der Waals surface area contributed by atoms with Crippen LogP contribution in [0.2, 0.25) is 0 Å². The Bertz CT molecular complexity index is 818. The summed E-state index contributed by atoms with van der Waals surface area (Å²) in [5.74, 6) is -0.288. The lowest BCUT2D eigenvalue weighted by Gasteiger charge is -2.29. The lowest BCUT2D eigenvalue weighted by molar-refractivity contribution is -0.121. The molecule has 0 aliphatic carbocycles. The summed E-state index contributed by atoms with van der Waals surface area (Å²) in [5, 5.41) is 2.69. The molecule has 0 bridgehead atoms. The van der Waals surface area contributed by atoms with E-state index in [9.17, 15) is 14.0 Å². The number of hydrogen-bond acceptors (Lipinski definition) is 3. The topological polar surface area (TPSA) is 58.6 Å². The normalized spacial score (nSPS) is 13.0. The van der Waals surface area contributed by atoms with Crippen LogP contribution in [0.5, 0.6) is 5.75 Å². The number of rotatable bonds is 5. The maximum Gasteiger partial charge on any atom is 0.265 e. The van der Waals surface area contributed by atoms with Gasteiger partial charge in [0.15, 0.2) is 6.61 Å². The van der Waals surface area contributed by atoms with E-state index in [1.807, 2.05) is 0 Å². The maximum atomic E-state index is 13.1. The number of carbonyl (C=O) groups is 2. The number of anilines is 1. The molecule has 1 N–H and O–H groups in total. The minimum atomic E-state index is -0.335. The summed E-state index contributed by atoms with van der Waals surface area (Å²) in [6.45, 7) is 4.11. The van der Waals surface area contributed by atoms with Crippen LogP contribution in [0.4, 0.5) is 10.1 Å². The number of amides is 2. The van der Waals surface area contributed by atoms with Crippen LogP contribution in [0.3, 0.4) is 0 Å². The second-order valence-electron chi connectivity index (χ2n) is 5.58. The van der Waals surface area contributed by atoms with Gasteiger partial charge in [-0.2, -0.15) is 0 Å². The average molecular weight is 340 g/mol. The number of ether oxygens (including phenoxy) is 1. The molecule has 0 saturated carbocycles. The van der Waals surface area contributed by atoms with E-state index in [1.54, 1.807) is 36.4 Å². The van der Waals surface area contributed by atoms with Crippen molar-refractivity contribution in [3.8, 4) is 5.75 Å². The zero-order valence-corrected chi connectivity index (χ0v) is 13.5. The summed E-state index contributed by atoms with van der Waals surface area (Å²) in [4.78, 5) is 26.0. The first-order valence-electron chi connectivity index (χ1n) is 7.79. The Morgan fingerprint density at radius 3 is 2.76 bits per heavy atom. The Balaban J connectivity index is 1.90. The lowest BCUT2D eigenvalue weighted by Crippen LogP contribution is -2.38. The standard InChI is InChI=1S/C19H17FN2O3/c1-2-9-21-19(24)14-5-8-17-16(10-14)22(18(23)12-25-17)11-13-3-6-15(20)7-4-13/h2-8,10H,1,9,11-12H2,(H,21,24). The van der Waals surface area contributed by atoms with Crippen molar-refractivity contribution < 1.29 is 18.7 Å². The molecule has 0 radical (unpaired) electrons. The van der Waals surface area contributed by atoms with E-state index >= 15 is 0 Å². The van der Waals surface area contributed by atoms with Gasteiger partial charge in [0.05, 0.1) is 12.2 Å². The van der Waals surface area contributed by atoms with Crippen LogP contribution in [-0.4, -0.2) is 25.0 Å². The minimum absolute atomic E-state index is 0.0732. The molecule has 1 heterocycles. The van der Waals surface area contributed by atoms with E-state index in [0.717, 1.165) is 5.56 Å². The van der Waals surface area contributed by atoms with E-state index < -0.39 is 0 Å². The van der Waals surface area contributed by atoms with Crippen LogP contribution >= 0.6 is 0 Å². The first-order chi connectivity index (χ1) is 12.1. The zero-order chi connectivity index (χ0) is 17.8. The first kappa shape index (κ1) is 16.7. The molecule has 128 valence electrons. The Morgan fingerprint density at radius 2 is 2.04 bits per heavy atom. The summed E-state index contributed by atoms with van der Waals surface area (Å²) in [7, 11) is 0. The van der Waals surface area contributed by atoms with Crippen molar-refractivity contribution in [2.45, 2.75) is 6.54 Å². The molecule has 0 saturated heterocycles. The molecule has 3 rings (SSSR count). The summed E-state index contributed by atoms with van der Waals surface area (Å²) in [6.07, 6.45) is 1.59. The predicted molar refractivity (Wildman–Crippen MR) is 92.1 cm³/mol. The van der Waals surface area contributed by atoms with E-state index in [4.69, 9.17) is 4.74 Å². The molecule has 25 heavy (non-hydrogen) atoms. The smallest absolute Gasteiger partial charge is 0.265 e. The lowest BCUT2D eigenvalue weighted by atomic mass is 10.1. The van der Waals surface area contributed by atoms with Crippen molar-refractivity contribution in [2.24, 2.45) is 0 Å². The highest BCUT2D eigenvalue weighted by molar-refractivity contribution is 6.01. The third-order valence-corrected chi connectivity index (χ3v) is 3.83. The number of carbonyl (C=O) groups excluding carboxylic acids is 2. The molecule has 0 atom stereocenters. The van der Waals surface area contributed by atoms with Crippen molar-refractivity contribution in [1.29, 1.82) is 0 Å². The fourth-order valence-electron chi connectivity index (χ4n) is 2.56. The minimum Gasteiger partial charge on any atom is -0.482 e. The molecule has 2 aromatic rings.